The maximum Gasteiger partial charge on any atom is 0.131 e. The van der Waals surface area contributed by atoms with Gasteiger partial charge in [-0.15, -0.1) is 0 Å². The molecule has 4 nitrogen and oxygen atoms in total. The second kappa shape index (κ2) is 6.22. The minimum Gasteiger partial charge on any atom is -0.388 e. The second-order valence-corrected chi connectivity index (χ2v) is 5.71. The minimum absolute atomic E-state index is 0.432. The van der Waals surface area contributed by atoms with E-state index in [1.807, 2.05) is 37.4 Å². The van der Waals surface area contributed by atoms with Gasteiger partial charge in [0, 0.05) is 31.3 Å². The third kappa shape index (κ3) is 3.58. The van der Waals surface area contributed by atoms with Crippen LogP contribution in [0.25, 0.3) is 0 Å². The van der Waals surface area contributed by atoms with Crippen molar-refractivity contribution in [2.75, 3.05) is 18.5 Å². The van der Waals surface area contributed by atoms with Gasteiger partial charge in [0.05, 0.1) is 6.10 Å². The van der Waals surface area contributed by atoms with Crippen molar-refractivity contribution in [1.29, 1.82) is 0 Å². The van der Waals surface area contributed by atoms with Crippen molar-refractivity contribution in [3.8, 4) is 0 Å². The molecule has 0 amide bonds. The number of anilines is 1. The predicted molar refractivity (Wildman–Crippen MR) is 83.3 cm³/mol. The SMILES string of the molecule is CN(CC[C@H](O)c1ccccc1)c1cc(C2CC2)ncn1. The fraction of sp³-hybridized carbons (Fsp3) is 0.412. The largest absolute Gasteiger partial charge is 0.388 e. The molecule has 0 spiro atoms. The van der Waals surface area contributed by atoms with E-state index in [2.05, 4.69) is 20.9 Å². The van der Waals surface area contributed by atoms with Crippen LogP contribution in [-0.4, -0.2) is 28.7 Å². The van der Waals surface area contributed by atoms with E-state index in [1.54, 1.807) is 6.33 Å². The van der Waals surface area contributed by atoms with Crippen LogP contribution in [0.2, 0.25) is 0 Å². The second-order valence-electron chi connectivity index (χ2n) is 5.71. The molecular weight excluding hydrogens is 262 g/mol. The Labute approximate surface area is 125 Å². The van der Waals surface area contributed by atoms with Crippen LogP contribution < -0.4 is 4.90 Å². The summed E-state index contributed by atoms with van der Waals surface area (Å²) in [5.74, 6) is 1.57. The van der Waals surface area contributed by atoms with Gasteiger partial charge in [0.15, 0.2) is 0 Å². The molecule has 3 rings (SSSR count). The molecule has 1 aliphatic carbocycles. The van der Waals surface area contributed by atoms with Crippen LogP contribution in [-0.2, 0) is 0 Å². The lowest BCUT2D eigenvalue weighted by Crippen LogP contribution is -2.21. The number of benzene rings is 1. The van der Waals surface area contributed by atoms with E-state index in [0.717, 1.165) is 23.6 Å². The van der Waals surface area contributed by atoms with Crippen LogP contribution in [0.15, 0.2) is 42.7 Å². The quantitative estimate of drug-likeness (QED) is 0.885. The maximum atomic E-state index is 10.2. The van der Waals surface area contributed by atoms with Crippen LogP contribution in [0.5, 0.6) is 0 Å². The molecule has 1 saturated carbocycles. The highest BCUT2D eigenvalue weighted by atomic mass is 16.3. The molecule has 1 atom stereocenters. The van der Waals surface area contributed by atoms with Crippen molar-refractivity contribution in [2.45, 2.75) is 31.3 Å². The van der Waals surface area contributed by atoms with E-state index in [1.165, 1.54) is 12.8 Å². The Bertz CT molecular complexity index is 584. The van der Waals surface area contributed by atoms with Gasteiger partial charge < -0.3 is 10.0 Å². The van der Waals surface area contributed by atoms with Gasteiger partial charge in [-0.2, -0.15) is 0 Å². The molecule has 21 heavy (non-hydrogen) atoms. The van der Waals surface area contributed by atoms with E-state index in [0.29, 0.717) is 12.3 Å². The normalized spacial score (nSPS) is 15.7. The van der Waals surface area contributed by atoms with Crippen molar-refractivity contribution in [3.05, 3.63) is 54.0 Å². The van der Waals surface area contributed by atoms with Gasteiger partial charge in [-0.3, -0.25) is 0 Å². The van der Waals surface area contributed by atoms with Crippen LogP contribution in [0, 0.1) is 0 Å². The number of hydrogen-bond acceptors (Lipinski definition) is 4. The molecule has 1 aliphatic rings. The molecule has 1 aromatic carbocycles. The molecular formula is C17H21N3O. The monoisotopic (exact) mass is 283 g/mol. The lowest BCUT2D eigenvalue weighted by Gasteiger charge is -2.20. The first kappa shape index (κ1) is 14.0. The summed E-state index contributed by atoms with van der Waals surface area (Å²) in [5.41, 5.74) is 2.11. The van der Waals surface area contributed by atoms with Gasteiger partial charge in [0.25, 0.3) is 0 Å². The predicted octanol–water partition coefficient (Wildman–Crippen LogP) is 2.91. The molecule has 4 heteroatoms. The number of aliphatic hydroxyl groups excluding tert-OH is 1. The Morgan fingerprint density at radius 2 is 2.00 bits per heavy atom. The highest BCUT2D eigenvalue weighted by Crippen LogP contribution is 2.39. The summed E-state index contributed by atoms with van der Waals surface area (Å²) in [6, 6.07) is 11.9. The number of aromatic nitrogens is 2. The standard InChI is InChI=1S/C17H21N3O/c1-20(10-9-16(21)14-5-3-2-4-6-14)17-11-15(13-7-8-13)18-12-19-17/h2-6,11-13,16,21H,7-10H2,1H3/t16-/m0/s1. The topological polar surface area (TPSA) is 49.2 Å². The zero-order valence-corrected chi connectivity index (χ0v) is 12.3. The number of aliphatic hydroxyl groups is 1. The fourth-order valence-corrected chi connectivity index (χ4v) is 2.44. The first-order valence-corrected chi connectivity index (χ1v) is 7.50. The summed E-state index contributed by atoms with van der Waals surface area (Å²) in [6.45, 7) is 0.761. The molecule has 0 unspecified atom stereocenters. The van der Waals surface area contributed by atoms with Gasteiger partial charge in [0.2, 0.25) is 0 Å². The van der Waals surface area contributed by atoms with Crippen molar-refractivity contribution in [1.82, 2.24) is 9.97 Å². The first-order chi connectivity index (χ1) is 10.2. The molecule has 0 radical (unpaired) electrons. The fourth-order valence-electron chi connectivity index (χ4n) is 2.44. The Balaban J connectivity index is 1.58. The molecule has 1 N–H and O–H groups in total. The number of nitrogens with zero attached hydrogens (tertiary/aromatic N) is 3. The molecule has 110 valence electrons. The molecule has 1 aromatic heterocycles. The zero-order chi connectivity index (χ0) is 14.7. The van der Waals surface area contributed by atoms with Gasteiger partial charge in [-0.05, 0) is 24.8 Å². The van der Waals surface area contributed by atoms with Crippen LogP contribution in [0.1, 0.15) is 42.5 Å². The third-order valence-electron chi connectivity index (χ3n) is 3.98. The minimum atomic E-state index is -0.432. The molecule has 2 aromatic rings. The van der Waals surface area contributed by atoms with Gasteiger partial charge in [0.1, 0.15) is 12.1 Å². The molecule has 0 saturated heterocycles. The van der Waals surface area contributed by atoms with E-state index in [4.69, 9.17) is 0 Å². The van der Waals surface area contributed by atoms with E-state index in [9.17, 15) is 5.11 Å². The van der Waals surface area contributed by atoms with Gasteiger partial charge in [-0.25, -0.2) is 9.97 Å². The molecule has 0 aliphatic heterocycles. The number of rotatable bonds is 6. The smallest absolute Gasteiger partial charge is 0.131 e. The van der Waals surface area contributed by atoms with E-state index in [-0.39, 0.29) is 0 Å². The Morgan fingerprint density at radius 1 is 1.24 bits per heavy atom. The average molecular weight is 283 g/mol. The summed E-state index contributed by atoms with van der Waals surface area (Å²) >= 11 is 0. The summed E-state index contributed by atoms with van der Waals surface area (Å²) < 4.78 is 0. The van der Waals surface area contributed by atoms with Crippen molar-refractivity contribution >= 4 is 5.82 Å². The first-order valence-electron chi connectivity index (χ1n) is 7.50. The highest BCUT2D eigenvalue weighted by Gasteiger charge is 2.25. The lowest BCUT2D eigenvalue weighted by atomic mass is 10.1. The Kier molecular flexibility index (Phi) is 4.15. The van der Waals surface area contributed by atoms with E-state index < -0.39 is 6.10 Å². The molecule has 1 fully saturated rings. The van der Waals surface area contributed by atoms with E-state index >= 15 is 0 Å². The summed E-state index contributed by atoms with van der Waals surface area (Å²) in [5, 5.41) is 10.2. The molecule has 1 heterocycles. The van der Waals surface area contributed by atoms with Crippen LogP contribution in [0.4, 0.5) is 5.82 Å². The van der Waals surface area contributed by atoms with Crippen molar-refractivity contribution in [3.63, 3.8) is 0 Å². The average Bonchev–Trinajstić information content (AvgIpc) is 3.38. The Hall–Kier alpha value is -1.94. The lowest BCUT2D eigenvalue weighted by molar-refractivity contribution is 0.170. The number of hydrogen-bond donors (Lipinski definition) is 1. The van der Waals surface area contributed by atoms with Crippen molar-refractivity contribution < 1.29 is 5.11 Å². The highest BCUT2D eigenvalue weighted by molar-refractivity contribution is 5.39. The summed E-state index contributed by atoms with van der Waals surface area (Å²) in [4.78, 5) is 10.8. The summed E-state index contributed by atoms with van der Waals surface area (Å²) in [7, 11) is 2.01. The van der Waals surface area contributed by atoms with Crippen LogP contribution >= 0.6 is 0 Å². The van der Waals surface area contributed by atoms with Gasteiger partial charge >= 0.3 is 0 Å². The van der Waals surface area contributed by atoms with Crippen molar-refractivity contribution in [2.24, 2.45) is 0 Å². The van der Waals surface area contributed by atoms with Gasteiger partial charge in [-0.1, -0.05) is 30.3 Å². The maximum absolute atomic E-state index is 10.2. The Morgan fingerprint density at radius 3 is 2.71 bits per heavy atom. The zero-order valence-electron chi connectivity index (χ0n) is 12.3. The van der Waals surface area contributed by atoms with Crippen LogP contribution in [0.3, 0.4) is 0 Å². The summed E-state index contributed by atoms with van der Waals surface area (Å²) in [6.07, 6.45) is 4.38. The molecule has 0 bridgehead atoms. The third-order valence-corrected chi connectivity index (χ3v) is 3.98.